The molecule has 0 saturated heterocycles. The van der Waals surface area contributed by atoms with E-state index in [9.17, 15) is 0 Å². The maximum Gasteiger partial charge on any atom is 0.110 e. The van der Waals surface area contributed by atoms with Gasteiger partial charge in [-0.25, -0.2) is 4.98 Å². The quantitative estimate of drug-likeness (QED) is 0.835. The van der Waals surface area contributed by atoms with Gasteiger partial charge in [0.2, 0.25) is 0 Å². The van der Waals surface area contributed by atoms with Gasteiger partial charge in [0.15, 0.2) is 0 Å². The smallest absolute Gasteiger partial charge is 0.110 e. The number of aromatic nitrogens is 2. The number of rotatable bonds is 7. The third-order valence-electron chi connectivity index (χ3n) is 3.55. The van der Waals surface area contributed by atoms with E-state index in [4.69, 9.17) is 0 Å². The van der Waals surface area contributed by atoms with Crippen LogP contribution in [0.4, 0.5) is 0 Å². The number of nitrogens with one attached hydrogen (secondary N) is 1. The van der Waals surface area contributed by atoms with E-state index in [1.807, 2.05) is 6.20 Å². The molecule has 108 valence electrons. The summed E-state index contributed by atoms with van der Waals surface area (Å²) in [4.78, 5) is 4.53. The molecule has 3 heteroatoms. The lowest BCUT2D eigenvalue weighted by Gasteiger charge is -2.19. The number of hydrogen-bond acceptors (Lipinski definition) is 2. The largest absolute Gasteiger partial charge is 0.335 e. The van der Waals surface area contributed by atoms with Crippen molar-refractivity contribution in [3.8, 4) is 0 Å². The second-order valence-electron chi connectivity index (χ2n) is 5.27. The fourth-order valence-electron chi connectivity index (χ4n) is 2.60. The third kappa shape index (κ3) is 3.70. The highest BCUT2D eigenvalue weighted by molar-refractivity contribution is 5.26. The molecule has 0 spiro atoms. The van der Waals surface area contributed by atoms with Crippen LogP contribution in [0.1, 0.15) is 43.3 Å². The number of hydrogen-bond donors (Lipinski definition) is 1. The predicted molar refractivity (Wildman–Crippen MR) is 83.8 cm³/mol. The predicted octanol–water partition coefficient (Wildman–Crippen LogP) is 3.49. The normalized spacial score (nSPS) is 12.6. The van der Waals surface area contributed by atoms with Crippen molar-refractivity contribution < 1.29 is 0 Å². The number of nitrogens with zero attached hydrogens (tertiary/aromatic N) is 2. The first kappa shape index (κ1) is 14.8. The van der Waals surface area contributed by atoms with Crippen LogP contribution < -0.4 is 5.32 Å². The number of likely N-dealkylation sites (N-methyl/N-ethyl adjacent to an activating group) is 1. The molecule has 0 fully saturated rings. The van der Waals surface area contributed by atoms with Crippen LogP contribution in [0.25, 0.3) is 0 Å². The molecule has 1 heterocycles. The molecule has 0 aliphatic rings. The Bertz CT molecular complexity index is 531. The maximum absolute atomic E-state index is 4.53. The lowest BCUT2D eigenvalue weighted by atomic mass is 10.0. The van der Waals surface area contributed by atoms with Crippen molar-refractivity contribution in [2.45, 2.75) is 46.2 Å². The van der Waals surface area contributed by atoms with Crippen LogP contribution in [0.15, 0.2) is 36.7 Å². The van der Waals surface area contributed by atoms with Crippen molar-refractivity contribution in [1.82, 2.24) is 14.9 Å². The SMILES string of the molecule is CCCn1ccnc1CC(NCC)c1cccc(C)c1. The van der Waals surface area contributed by atoms with Crippen molar-refractivity contribution in [1.29, 1.82) is 0 Å². The van der Waals surface area contributed by atoms with Gasteiger partial charge in [-0.15, -0.1) is 0 Å². The Morgan fingerprint density at radius 3 is 2.85 bits per heavy atom. The Labute approximate surface area is 122 Å². The van der Waals surface area contributed by atoms with Crippen LogP contribution in [-0.4, -0.2) is 16.1 Å². The highest BCUT2D eigenvalue weighted by Crippen LogP contribution is 2.19. The van der Waals surface area contributed by atoms with Gasteiger partial charge in [-0.3, -0.25) is 0 Å². The average molecular weight is 271 g/mol. The summed E-state index contributed by atoms with van der Waals surface area (Å²) >= 11 is 0. The van der Waals surface area contributed by atoms with E-state index in [1.165, 1.54) is 17.0 Å². The molecule has 1 aromatic carbocycles. The monoisotopic (exact) mass is 271 g/mol. The summed E-state index contributed by atoms with van der Waals surface area (Å²) in [6.45, 7) is 8.51. The molecular weight excluding hydrogens is 246 g/mol. The van der Waals surface area contributed by atoms with Crippen molar-refractivity contribution in [3.05, 3.63) is 53.6 Å². The molecule has 0 amide bonds. The van der Waals surface area contributed by atoms with Crippen LogP contribution in [0, 0.1) is 6.92 Å². The first-order valence-electron chi connectivity index (χ1n) is 7.54. The van der Waals surface area contributed by atoms with Gasteiger partial charge < -0.3 is 9.88 Å². The summed E-state index contributed by atoms with van der Waals surface area (Å²) in [5.74, 6) is 1.17. The van der Waals surface area contributed by atoms with Crippen molar-refractivity contribution in [3.63, 3.8) is 0 Å². The molecular formula is C17H25N3. The molecule has 1 atom stereocenters. The van der Waals surface area contributed by atoms with Crippen molar-refractivity contribution >= 4 is 0 Å². The summed E-state index contributed by atoms with van der Waals surface area (Å²) in [5.41, 5.74) is 2.65. The fraction of sp³-hybridized carbons (Fsp3) is 0.471. The first-order chi connectivity index (χ1) is 9.74. The van der Waals surface area contributed by atoms with Crippen molar-refractivity contribution in [2.75, 3.05) is 6.54 Å². The van der Waals surface area contributed by atoms with Gasteiger partial charge in [0, 0.05) is 31.4 Å². The third-order valence-corrected chi connectivity index (χ3v) is 3.55. The summed E-state index contributed by atoms with van der Waals surface area (Å²) < 4.78 is 2.26. The van der Waals surface area contributed by atoms with E-state index in [1.54, 1.807) is 0 Å². The van der Waals surface area contributed by atoms with E-state index in [2.05, 4.69) is 66.1 Å². The Kier molecular flexibility index (Phi) is 5.36. The fourth-order valence-corrected chi connectivity index (χ4v) is 2.60. The lowest BCUT2D eigenvalue weighted by Crippen LogP contribution is -2.24. The molecule has 0 bridgehead atoms. The minimum atomic E-state index is 0.331. The van der Waals surface area contributed by atoms with E-state index in [0.717, 1.165) is 25.9 Å². The average Bonchev–Trinajstić information content (AvgIpc) is 2.86. The second-order valence-corrected chi connectivity index (χ2v) is 5.27. The van der Waals surface area contributed by atoms with E-state index < -0.39 is 0 Å². The van der Waals surface area contributed by atoms with E-state index >= 15 is 0 Å². The zero-order valence-electron chi connectivity index (χ0n) is 12.8. The maximum atomic E-state index is 4.53. The molecule has 0 radical (unpaired) electrons. The van der Waals surface area contributed by atoms with Crippen LogP contribution in [0.5, 0.6) is 0 Å². The standard InChI is InChI=1S/C17H25N3/c1-4-10-20-11-9-19-17(20)13-16(18-5-2)15-8-6-7-14(3)12-15/h6-9,11-12,16,18H,4-5,10,13H2,1-3H3. The second kappa shape index (κ2) is 7.25. The molecule has 0 saturated carbocycles. The van der Waals surface area contributed by atoms with Crippen LogP contribution >= 0.6 is 0 Å². The molecule has 20 heavy (non-hydrogen) atoms. The molecule has 3 nitrogen and oxygen atoms in total. The highest BCUT2D eigenvalue weighted by atomic mass is 15.1. The summed E-state index contributed by atoms with van der Waals surface area (Å²) in [6, 6.07) is 9.07. The van der Waals surface area contributed by atoms with E-state index in [0.29, 0.717) is 6.04 Å². The zero-order valence-corrected chi connectivity index (χ0v) is 12.8. The molecule has 2 rings (SSSR count). The van der Waals surface area contributed by atoms with Crippen LogP contribution in [0.3, 0.4) is 0 Å². The van der Waals surface area contributed by atoms with Gasteiger partial charge >= 0.3 is 0 Å². The molecule has 1 aromatic heterocycles. The Morgan fingerprint density at radius 1 is 1.30 bits per heavy atom. The van der Waals surface area contributed by atoms with Crippen molar-refractivity contribution in [2.24, 2.45) is 0 Å². The first-order valence-corrected chi connectivity index (χ1v) is 7.54. The van der Waals surface area contributed by atoms with Crippen LogP contribution in [-0.2, 0) is 13.0 Å². The zero-order chi connectivity index (χ0) is 14.4. The molecule has 2 aromatic rings. The van der Waals surface area contributed by atoms with E-state index in [-0.39, 0.29) is 0 Å². The molecule has 1 N–H and O–H groups in total. The summed E-state index contributed by atoms with van der Waals surface area (Å²) in [6.07, 6.45) is 6.06. The van der Waals surface area contributed by atoms with Gasteiger partial charge in [0.1, 0.15) is 5.82 Å². The van der Waals surface area contributed by atoms with Gasteiger partial charge in [-0.05, 0) is 25.5 Å². The Balaban J connectivity index is 2.18. The van der Waals surface area contributed by atoms with Gasteiger partial charge in [-0.2, -0.15) is 0 Å². The highest BCUT2D eigenvalue weighted by Gasteiger charge is 2.14. The summed E-state index contributed by atoms with van der Waals surface area (Å²) in [7, 11) is 0. The Hall–Kier alpha value is -1.61. The number of benzene rings is 1. The minimum absolute atomic E-state index is 0.331. The number of imidazole rings is 1. The van der Waals surface area contributed by atoms with Gasteiger partial charge in [0.25, 0.3) is 0 Å². The van der Waals surface area contributed by atoms with Crippen LogP contribution in [0.2, 0.25) is 0 Å². The lowest BCUT2D eigenvalue weighted by molar-refractivity contribution is 0.516. The van der Waals surface area contributed by atoms with Gasteiger partial charge in [-0.1, -0.05) is 43.7 Å². The molecule has 0 aliphatic carbocycles. The minimum Gasteiger partial charge on any atom is -0.335 e. The molecule has 0 aliphatic heterocycles. The summed E-state index contributed by atoms with van der Waals surface area (Å²) in [5, 5.41) is 3.58. The number of aryl methyl sites for hydroxylation is 2. The van der Waals surface area contributed by atoms with Gasteiger partial charge in [0.05, 0.1) is 0 Å². The molecule has 1 unspecified atom stereocenters. The Morgan fingerprint density at radius 2 is 2.15 bits per heavy atom. The topological polar surface area (TPSA) is 29.9 Å².